The summed E-state index contributed by atoms with van der Waals surface area (Å²) in [6.07, 6.45) is 3.69. The van der Waals surface area contributed by atoms with E-state index in [9.17, 15) is 4.79 Å². The molecule has 1 amide bonds. The van der Waals surface area contributed by atoms with Crippen molar-refractivity contribution in [3.63, 3.8) is 0 Å². The number of benzene rings is 3. The Kier molecular flexibility index (Phi) is 5.32. The highest BCUT2D eigenvalue weighted by atomic mass is 16.1. The van der Waals surface area contributed by atoms with Crippen molar-refractivity contribution in [2.24, 2.45) is 0 Å². The number of fused-ring (bicyclic) bond motifs is 1. The van der Waals surface area contributed by atoms with Crippen molar-refractivity contribution in [2.75, 3.05) is 10.6 Å². The van der Waals surface area contributed by atoms with Gasteiger partial charge in [-0.2, -0.15) is 0 Å². The summed E-state index contributed by atoms with van der Waals surface area (Å²) in [7, 11) is 0. The third-order valence-electron chi connectivity index (χ3n) is 5.45. The van der Waals surface area contributed by atoms with E-state index in [4.69, 9.17) is 0 Å². The van der Waals surface area contributed by atoms with E-state index in [1.54, 1.807) is 6.33 Å². The van der Waals surface area contributed by atoms with Gasteiger partial charge in [0.1, 0.15) is 12.1 Å². The van der Waals surface area contributed by atoms with Gasteiger partial charge in [0.25, 0.3) is 0 Å². The number of hydrogen-bond donors (Lipinski definition) is 2. The fourth-order valence-electron chi connectivity index (χ4n) is 3.87. The summed E-state index contributed by atoms with van der Waals surface area (Å²) >= 11 is 0. The SMILES string of the molecule is CC(=O)Nc1ccc(Nc2ncnc3c2c(-c2ccccc2)cn3-c2ccc(C)cc2)cc1. The Bertz CT molecular complexity index is 1420. The fourth-order valence-corrected chi connectivity index (χ4v) is 3.87. The molecule has 0 unspecified atom stereocenters. The monoisotopic (exact) mass is 433 g/mol. The third-order valence-corrected chi connectivity index (χ3v) is 5.45. The van der Waals surface area contributed by atoms with Crippen LogP contribution in [0.15, 0.2) is 91.4 Å². The minimum Gasteiger partial charge on any atom is -0.340 e. The lowest BCUT2D eigenvalue weighted by atomic mass is 10.1. The van der Waals surface area contributed by atoms with Crippen LogP contribution in [0.1, 0.15) is 12.5 Å². The first-order valence-electron chi connectivity index (χ1n) is 10.7. The minimum absolute atomic E-state index is 0.0989. The molecule has 0 saturated carbocycles. The molecule has 0 aliphatic rings. The van der Waals surface area contributed by atoms with Gasteiger partial charge in [0.05, 0.1) is 5.39 Å². The van der Waals surface area contributed by atoms with Crippen LogP contribution < -0.4 is 10.6 Å². The molecule has 5 aromatic rings. The average molecular weight is 434 g/mol. The Hall–Kier alpha value is -4.45. The molecule has 2 N–H and O–H groups in total. The van der Waals surface area contributed by atoms with Crippen molar-refractivity contribution in [1.29, 1.82) is 0 Å². The molecular weight excluding hydrogens is 410 g/mol. The van der Waals surface area contributed by atoms with Crippen LogP contribution in [-0.2, 0) is 4.79 Å². The van der Waals surface area contributed by atoms with Gasteiger partial charge in [-0.3, -0.25) is 4.79 Å². The maximum absolute atomic E-state index is 11.3. The quantitative estimate of drug-likeness (QED) is 0.351. The van der Waals surface area contributed by atoms with Crippen LogP contribution in [0.5, 0.6) is 0 Å². The van der Waals surface area contributed by atoms with Gasteiger partial charge in [0.2, 0.25) is 5.91 Å². The summed E-state index contributed by atoms with van der Waals surface area (Å²) in [5.74, 6) is 0.621. The Labute approximate surface area is 191 Å². The van der Waals surface area contributed by atoms with Gasteiger partial charge in [-0.25, -0.2) is 9.97 Å². The normalized spacial score (nSPS) is 10.8. The van der Waals surface area contributed by atoms with E-state index in [1.165, 1.54) is 12.5 Å². The zero-order chi connectivity index (χ0) is 22.8. The molecule has 2 heterocycles. The Morgan fingerprint density at radius 2 is 1.55 bits per heavy atom. The number of aryl methyl sites for hydroxylation is 1. The first-order chi connectivity index (χ1) is 16.1. The van der Waals surface area contributed by atoms with Crippen molar-refractivity contribution in [1.82, 2.24) is 14.5 Å². The molecule has 6 nitrogen and oxygen atoms in total. The molecule has 0 aliphatic heterocycles. The Balaban J connectivity index is 1.63. The van der Waals surface area contributed by atoms with Crippen molar-refractivity contribution in [3.05, 3.63) is 97.0 Å². The second-order valence-electron chi connectivity index (χ2n) is 7.92. The van der Waals surface area contributed by atoms with Crippen molar-refractivity contribution < 1.29 is 4.79 Å². The molecule has 0 radical (unpaired) electrons. The second kappa shape index (κ2) is 8.59. The summed E-state index contributed by atoms with van der Waals surface area (Å²) in [5, 5.41) is 7.16. The van der Waals surface area contributed by atoms with E-state index >= 15 is 0 Å². The van der Waals surface area contributed by atoms with Crippen LogP contribution in [0.2, 0.25) is 0 Å². The highest BCUT2D eigenvalue weighted by Gasteiger charge is 2.17. The average Bonchev–Trinajstić information content (AvgIpc) is 3.22. The highest BCUT2D eigenvalue weighted by molar-refractivity contribution is 6.03. The lowest BCUT2D eigenvalue weighted by Crippen LogP contribution is -2.05. The van der Waals surface area contributed by atoms with Gasteiger partial charge in [-0.05, 0) is 48.9 Å². The van der Waals surface area contributed by atoms with Gasteiger partial charge in [0.15, 0.2) is 5.65 Å². The number of carbonyl (C=O) groups is 1. The molecule has 0 bridgehead atoms. The van der Waals surface area contributed by atoms with Crippen molar-refractivity contribution in [2.45, 2.75) is 13.8 Å². The standard InChI is InChI=1S/C27H23N5O/c1-18-8-14-23(15-9-18)32-16-24(20-6-4-3-5-7-20)25-26(28-17-29-27(25)32)31-22-12-10-21(11-13-22)30-19(2)33/h3-17H,1-2H3,(H,30,33)(H,28,29,31). The fraction of sp³-hybridized carbons (Fsp3) is 0.0741. The van der Waals surface area contributed by atoms with E-state index in [2.05, 4.69) is 74.7 Å². The molecule has 33 heavy (non-hydrogen) atoms. The zero-order valence-electron chi connectivity index (χ0n) is 18.4. The van der Waals surface area contributed by atoms with E-state index in [0.717, 1.165) is 45.0 Å². The largest absolute Gasteiger partial charge is 0.340 e. The van der Waals surface area contributed by atoms with Crippen LogP contribution >= 0.6 is 0 Å². The molecule has 0 atom stereocenters. The summed E-state index contributed by atoms with van der Waals surface area (Å²) < 4.78 is 2.10. The van der Waals surface area contributed by atoms with Crippen LogP contribution in [-0.4, -0.2) is 20.4 Å². The predicted octanol–water partition coefficient (Wildman–Crippen LogP) is 6.10. The van der Waals surface area contributed by atoms with E-state index in [1.807, 2.05) is 42.5 Å². The van der Waals surface area contributed by atoms with Gasteiger partial charge in [-0.1, -0.05) is 48.0 Å². The van der Waals surface area contributed by atoms with Crippen LogP contribution in [0.3, 0.4) is 0 Å². The molecule has 0 saturated heterocycles. The summed E-state index contributed by atoms with van der Waals surface area (Å²) in [5.41, 5.74) is 6.82. The molecule has 0 spiro atoms. The van der Waals surface area contributed by atoms with Gasteiger partial charge in [0, 0.05) is 35.7 Å². The van der Waals surface area contributed by atoms with Crippen molar-refractivity contribution >= 4 is 34.1 Å². The van der Waals surface area contributed by atoms with Crippen LogP contribution in [0.4, 0.5) is 17.2 Å². The lowest BCUT2D eigenvalue weighted by molar-refractivity contribution is -0.114. The molecule has 0 fully saturated rings. The smallest absolute Gasteiger partial charge is 0.221 e. The van der Waals surface area contributed by atoms with Crippen molar-refractivity contribution in [3.8, 4) is 16.8 Å². The topological polar surface area (TPSA) is 71.8 Å². The molecule has 3 aromatic carbocycles. The summed E-state index contributed by atoms with van der Waals surface area (Å²) in [6, 6.07) is 26.2. The number of nitrogens with one attached hydrogen (secondary N) is 2. The Morgan fingerprint density at radius 3 is 2.24 bits per heavy atom. The summed E-state index contributed by atoms with van der Waals surface area (Å²) in [6.45, 7) is 3.57. The number of nitrogens with zero attached hydrogens (tertiary/aromatic N) is 3. The maximum Gasteiger partial charge on any atom is 0.221 e. The maximum atomic E-state index is 11.3. The number of hydrogen-bond acceptors (Lipinski definition) is 4. The zero-order valence-corrected chi connectivity index (χ0v) is 18.4. The Morgan fingerprint density at radius 1 is 0.848 bits per heavy atom. The molecule has 5 rings (SSSR count). The van der Waals surface area contributed by atoms with E-state index in [-0.39, 0.29) is 5.91 Å². The molecule has 2 aromatic heterocycles. The first-order valence-corrected chi connectivity index (χ1v) is 10.7. The molecule has 162 valence electrons. The third kappa shape index (κ3) is 4.19. The predicted molar refractivity (Wildman–Crippen MR) is 133 cm³/mol. The number of rotatable bonds is 5. The van der Waals surface area contributed by atoms with Crippen LogP contribution in [0.25, 0.3) is 27.8 Å². The number of aromatic nitrogens is 3. The number of carbonyl (C=O) groups excluding carboxylic acids is 1. The first kappa shape index (κ1) is 20.5. The second-order valence-corrected chi connectivity index (χ2v) is 7.92. The molecule has 0 aliphatic carbocycles. The summed E-state index contributed by atoms with van der Waals surface area (Å²) in [4.78, 5) is 20.5. The minimum atomic E-state index is -0.0989. The van der Waals surface area contributed by atoms with Gasteiger partial charge >= 0.3 is 0 Å². The van der Waals surface area contributed by atoms with Gasteiger partial charge < -0.3 is 15.2 Å². The van der Waals surface area contributed by atoms with E-state index in [0.29, 0.717) is 0 Å². The highest BCUT2D eigenvalue weighted by Crippen LogP contribution is 2.36. The molecular formula is C27H23N5O. The molecule has 6 heteroatoms. The van der Waals surface area contributed by atoms with Crippen LogP contribution in [0, 0.1) is 6.92 Å². The number of amides is 1. The number of anilines is 3. The van der Waals surface area contributed by atoms with E-state index < -0.39 is 0 Å². The van der Waals surface area contributed by atoms with Gasteiger partial charge in [-0.15, -0.1) is 0 Å². The lowest BCUT2D eigenvalue weighted by Gasteiger charge is -2.10.